The smallest absolute Gasteiger partial charge is 0.417 e. The van der Waals surface area contributed by atoms with E-state index >= 15 is 0 Å². The minimum atomic E-state index is -4.86. The van der Waals surface area contributed by atoms with Gasteiger partial charge in [-0.25, -0.2) is 18.4 Å². The molecule has 0 fully saturated rings. The third-order valence-electron chi connectivity index (χ3n) is 4.64. The zero-order valence-corrected chi connectivity index (χ0v) is 17.9. The maximum Gasteiger partial charge on any atom is 0.417 e. The molecule has 0 saturated heterocycles. The SMILES string of the molecule is COc1ccccc1Nc1nc2ccccc2nc1NS(=O)(=O)c1ccccc1C(F)(F)F. The topological polar surface area (TPSA) is 93.2 Å². The van der Waals surface area contributed by atoms with E-state index in [1.807, 2.05) is 0 Å². The first kappa shape index (κ1) is 22.3. The van der Waals surface area contributed by atoms with Gasteiger partial charge in [-0.15, -0.1) is 0 Å². The number of fused-ring (bicyclic) bond motifs is 1. The Balaban J connectivity index is 1.83. The number of methoxy groups -OCH3 is 1. The van der Waals surface area contributed by atoms with E-state index in [0.29, 0.717) is 28.5 Å². The van der Waals surface area contributed by atoms with Gasteiger partial charge >= 0.3 is 6.18 Å². The highest BCUT2D eigenvalue weighted by Gasteiger charge is 2.37. The number of nitrogens with one attached hydrogen (secondary N) is 2. The van der Waals surface area contributed by atoms with Crippen molar-refractivity contribution in [3.63, 3.8) is 0 Å². The van der Waals surface area contributed by atoms with Gasteiger partial charge < -0.3 is 10.1 Å². The molecule has 0 spiro atoms. The number of nitrogens with zero attached hydrogens (tertiary/aromatic N) is 2. The van der Waals surface area contributed by atoms with Gasteiger partial charge in [0.1, 0.15) is 5.75 Å². The molecular formula is C22H17F3N4O3S. The summed E-state index contributed by atoms with van der Waals surface area (Å²) in [6, 6.07) is 17.4. The molecular weight excluding hydrogens is 457 g/mol. The average molecular weight is 474 g/mol. The minimum Gasteiger partial charge on any atom is -0.495 e. The second kappa shape index (κ2) is 8.58. The van der Waals surface area contributed by atoms with Gasteiger partial charge in [0.2, 0.25) is 0 Å². The lowest BCUT2D eigenvalue weighted by Gasteiger charge is -2.17. The zero-order chi connectivity index (χ0) is 23.6. The number of sulfonamides is 1. The van der Waals surface area contributed by atoms with Gasteiger partial charge in [-0.2, -0.15) is 13.2 Å². The van der Waals surface area contributed by atoms with E-state index in [4.69, 9.17) is 4.74 Å². The van der Waals surface area contributed by atoms with Crippen LogP contribution in [-0.2, 0) is 16.2 Å². The molecule has 0 radical (unpaired) electrons. The number of aromatic nitrogens is 2. The van der Waals surface area contributed by atoms with Crippen molar-refractivity contribution in [1.29, 1.82) is 0 Å². The van der Waals surface area contributed by atoms with E-state index in [9.17, 15) is 21.6 Å². The lowest BCUT2D eigenvalue weighted by Crippen LogP contribution is -2.20. The molecule has 0 atom stereocenters. The van der Waals surface area contributed by atoms with Crippen molar-refractivity contribution in [3.05, 3.63) is 78.4 Å². The molecule has 170 valence electrons. The van der Waals surface area contributed by atoms with Crippen LogP contribution < -0.4 is 14.8 Å². The van der Waals surface area contributed by atoms with Crippen molar-refractivity contribution in [2.75, 3.05) is 17.1 Å². The number of alkyl halides is 3. The first-order valence-electron chi connectivity index (χ1n) is 9.55. The number of rotatable bonds is 6. The van der Waals surface area contributed by atoms with Crippen LogP contribution in [0.25, 0.3) is 11.0 Å². The van der Waals surface area contributed by atoms with Gasteiger partial charge in [-0.3, -0.25) is 4.72 Å². The van der Waals surface area contributed by atoms with Crippen molar-refractivity contribution in [1.82, 2.24) is 9.97 Å². The maximum atomic E-state index is 13.4. The van der Waals surface area contributed by atoms with E-state index in [1.54, 1.807) is 48.5 Å². The third kappa shape index (κ3) is 4.67. The summed E-state index contributed by atoms with van der Waals surface area (Å²) in [5.74, 6) is 0.173. The molecule has 4 rings (SSSR count). The Kier molecular flexibility index (Phi) is 5.81. The summed E-state index contributed by atoms with van der Waals surface area (Å²) in [6.45, 7) is 0. The van der Waals surface area contributed by atoms with Crippen LogP contribution in [0.1, 0.15) is 5.56 Å². The molecule has 0 bridgehead atoms. The Hall–Kier alpha value is -3.86. The minimum absolute atomic E-state index is 0.00809. The summed E-state index contributed by atoms with van der Waals surface area (Å²) in [7, 11) is -3.21. The second-order valence-corrected chi connectivity index (χ2v) is 8.49. The molecule has 1 heterocycles. The van der Waals surface area contributed by atoms with Crippen LogP contribution in [0.2, 0.25) is 0 Å². The van der Waals surface area contributed by atoms with E-state index in [1.165, 1.54) is 13.2 Å². The van der Waals surface area contributed by atoms with Crippen LogP contribution in [-0.4, -0.2) is 25.5 Å². The highest BCUT2D eigenvalue weighted by Crippen LogP contribution is 2.36. The lowest BCUT2D eigenvalue weighted by atomic mass is 10.2. The maximum absolute atomic E-state index is 13.4. The molecule has 0 aliphatic rings. The Morgan fingerprint density at radius 1 is 0.818 bits per heavy atom. The van der Waals surface area contributed by atoms with Crippen LogP contribution in [0.15, 0.2) is 77.7 Å². The molecule has 7 nitrogen and oxygen atoms in total. The second-order valence-electron chi connectivity index (χ2n) is 6.83. The summed E-state index contributed by atoms with van der Waals surface area (Å²) in [4.78, 5) is 7.79. The van der Waals surface area contributed by atoms with Crippen LogP contribution >= 0.6 is 0 Å². The molecule has 3 aromatic carbocycles. The lowest BCUT2D eigenvalue weighted by molar-refractivity contribution is -0.139. The fourth-order valence-electron chi connectivity index (χ4n) is 3.15. The summed E-state index contributed by atoms with van der Waals surface area (Å²) in [6.07, 6.45) is -4.86. The molecule has 11 heteroatoms. The van der Waals surface area contributed by atoms with Crippen molar-refractivity contribution >= 4 is 38.4 Å². The van der Waals surface area contributed by atoms with Crippen LogP contribution in [0.5, 0.6) is 5.75 Å². The first-order valence-corrected chi connectivity index (χ1v) is 11.0. The van der Waals surface area contributed by atoms with E-state index < -0.39 is 26.7 Å². The predicted molar refractivity (Wildman–Crippen MR) is 118 cm³/mol. The monoisotopic (exact) mass is 474 g/mol. The molecule has 0 saturated carbocycles. The van der Waals surface area contributed by atoms with E-state index in [-0.39, 0.29) is 11.6 Å². The largest absolute Gasteiger partial charge is 0.495 e. The highest BCUT2D eigenvalue weighted by atomic mass is 32.2. The quantitative estimate of drug-likeness (QED) is 0.399. The molecule has 1 aromatic heterocycles. The van der Waals surface area contributed by atoms with Crippen LogP contribution in [0.4, 0.5) is 30.5 Å². The number of hydrogen-bond acceptors (Lipinski definition) is 6. The normalized spacial score (nSPS) is 11.9. The molecule has 0 aliphatic heterocycles. The number of anilines is 3. The molecule has 33 heavy (non-hydrogen) atoms. The molecule has 4 aromatic rings. The van der Waals surface area contributed by atoms with Gasteiger partial charge in [-0.05, 0) is 36.4 Å². The third-order valence-corrected chi connectivity index (χ3v) is 6.04. The molecule has 0 unspecified atom stereocenters. The Morgan fingerprint density at radius 3 is 2.06 bits per heavy atom. The fourth-order valence-corrected chi connectivity index (χ4v) is 4.39. The summed E-state index contributed by atoms with van der Waals surface area (Å²) < 4.78 is 73.7. The number of para-hydroxylation sites is 4. The van der Waals surface area contributed by atoms with Crippen molar-refractivity contribution < 1.29 is 26.3 Å². The zero-order valence-electron chi connectivity index (χ0n) is 17.1. The number of benzene rings is 3. The standard InChI is InChI=1S/C22H17F3N4O3S/c1-32-18-12-6-5-11-17(18)28-20-21(27-16-10-4-3-9-15(16)26-20)29-33(30,31)19-13-7-2-8-14(19)22(23,24)25/h2-13H,1H3,(H,26,28)(H,27,29). The number of ether oxygens (including phenoxy) is 1. The fraction of sp³-hybridized carbons (Fsp3) is 0.0909. The molecule has 0 aliphatic carbocycles. The highest BCUT2D eigenvalue weighted by molar-refractivity contribution is 7.92. The predicted octanol–water partition coefficient (Wildman–Crippen LogP) is 5.20. The van der Waals surface area contributed by atoms with Crippen molar-refractivity contribution in [2.45, 2.75) is 11.1 Å². The number of halogens is 3. The number of hydrogen-bond donors (Lipinski definition) is 2. The molecule has 2 N–H and O–H groups in total. The summed E-state index contributed by atoms with van der Waals surface area (Å²) in [5.41, 5.74) is -0.0235. The first-order chi connectivity index (χ1) is 15.7. The summed E-state index contributed by atoms with van der Waals surface area (Å²) >= 11 is 0. The van der Waals surface area contributed by atoms with Gasteiger partial charge in [0, 0.05) is 0 Å². The van der Waals surface area contributed by atoms with Gasteiger partial charge in [0.25, 0.3) is 10.0 Å². The Labute approximate surface area is 187 Å². The molecule has 0 amide bonds. The van der Waals surface area contributed by atoms with Gasteiger partial charge in [0.05, 0.1) is 34.3 Å². The van der Waals surface area contributed by atoms with Gasteiger partial charge in [-0.1, -0.05) is 36.4 Å². The van der Waals surface area contributed by atoms with Crippen LogP contribution in [0.3, 0.4) is 0 Å². The van der Waals surface area contributed by atoms with Crippen LogP contribution in [0, 0.1) is 0 Å². The van der Waals surface area contributed by atoms with Crippen molar-refractivity contribution in [3.8, 4) is 5.75 Å². The Bertz CT molecular complexity index is 1430. The van der Waals surface area contributed by atoms with Crippen molar-refractivity contribution in [2.24, 2.45) is 0 Å². The van der Waals surface area contributed by atoms with Gasteiger partial charge in [0.15, 0.2) is 11.6 Å². The average Bonchev–Trinajstić information content (AvgIpc) is 2.79. The Morgan fingerprint density at radius 2 is 1.39 bits per heavy atom. The van der Waals surface area contributed by atoms with E-state index in [2.05, 4.69) is 20.0 Å². The van der Waals surface area contributed by atoms with E-state index in [0.717, 1.165) is 12.1 Å². The summed E-state index contributed by atoms with van der Waals surface area (Å²) in [5, 5.41) is 2.96.